The minimum Gasteiger partial charge on any atom is -0.244 e. The first kappa shape index (κ1) is 16.6. The number of nitrogens with one attached hydrogen (secondary N) is 1. The van der Waals surface area contributed by atoms with Crippen LogP contribution in [0.1, 0.15) is 37.6 Å². The average Bonchev–Trinajstić information content (AvgIpc) is 2.45. The molecule has 2 rings (SSSR count). The van der Waals surface area contributed by atoms with Gasteiger partial charge in [0.25, 0.3) is 0 Å². The van der Waals surface area contributed by atoms with Gasteiger partial charge in [0.1, 0.15) is 6.33 Å². The van der Waals surface area contributed by atoms with Crippen molar-refractivity contribution >= 4 is 10.0 Å². The van der Waals surface area contributed by atoms with Crippen LogP contribution in [-0.2, 0) is 22.0 Å². The molecule has 0 bridgehead atoms. The molecular formula is C16H21N3O2S. The van der Waals surface area contributed by atoms with Gasteiger partial charge in [-0.05, 0) is 19.1 Å². The first-order valence-corrected chi connectivity index (χ1v) is 8.54. The lowest BCUT2D eigenvalue weighted by atomic mass is 9.89. The van der Waals surface area contributed by atoms with E-state index in [1.807, 2.05) is 27.7 Å². The molecule has 0 atom stereocenters. The van der Waals surface area contributed by atoms with Crippen LogP contribution in [0.3, 0.4) is 0 Å². The Bertz CT molecular complexity index is 748. The molecule has 0 saturated heterocycles. The van der Waals surface area contributed by atoms with E-state index in [0.717, 1.165) is 16.8 Å². The Labute approximate surface area is 131 Å². The van der Waals surface area contributed by atoms with Gasteiger partial charge in [-0.2, -0.15) is 0 Å². The van der Waals surface area contributed by atoms with Crippen molar-refractivity contribution in [2.45, 2.75) is 44.6 Å². The maximum atomic E-state index is 12.3. The van der Waals surface area contributed by atoms with E-state index in [-0.39, 0.29) is 16.9 Å². The molecule has 0 aliphatic carbocycles. The highest BCUT2D eigenvalue weighted by molar-refractivity contribution is 7.89. The first-order valence-electron chi connectivity index (χ1n) is 7.06. The molecule has 0 spiro atoms. The molecule has 2 aromatic rings. The van der Waals surface area contributed by atoms with E-state index in [1.165, 1.54) is 6.33 Å². The molecule has 22 heavy (non-hydrogen) atoms. The van der Waals surface area contributed by atoms with E-state index in [9.17, 15) is 8.42 Å². The summed E-state index contributed by atoms with van der Waals surface area (Å²) in [4.78, 5) is 8.54. The van der Waals surface area contributed by atoms with E-state index >= 15 is 0 Å². The number of aryl methyl sites for hydroxylation is 1. The first-order chi connectivity index (χ1) is 10.2. The topological polar surface area (TPSA) is 72.0 Å². The summed E-state index contributed by atoms with van der Waals surface area (Å²) >= 11 is 0. The van der Waals surface area contributed by atoms with E-state index in [1.54, 1.807) is 30.5 Å². The Morgan fingerprint density at radius 1 is 1.14 bits per heavy atom. The maximum Gasteiger partial charge on any atom is 0.240 e. The second-order valence-corrected chi connectivity index (χ2v) is 8.05. The summed E-state index contributed by atoms with van der Waals surface area (Å²) in [6.07, 6.45) is 3.14. The average molecular weight is 319 g/mol. The molecule has 0 aliphatic rings. The van der Waals surface area contributed by atoms with Crippen molar-refractivity contribution in [3.8, 4) is 0 Å². The summed E-state index contributed by atoms with van der Waals surface area (Å²) in [5, 5.41) is 0. The molecule has 0 unspecified atom stereocenters. The standard InChI is InChI=1S/C16H21N3O2S/c1-12-5-7-14(8-6-12)22(20,21)19-10-13-9-17-11-18-15(13)16(2,3)4/h5-9,11,19H,10H2,1-4H3. The fourth-order valence-corrected chi connectivity index (χ4v) is 3.14. The van der Waals surface area contributed by atoms with Gasteiger partial charge in [-0.3, -0.25) is 0 Å². The molecule has 0 radical (unpaired) electrons. The zero-order valence-corrected chi connectivity index (χ0v) is 14.1. The molecule has 5 nitrogen and oxygen atoms in total. The molecule has 1 N–H and O–H groups in total. The lowest BCUT2D eigenvalue weighted by Gasteiger charge is -2.21. The minimum atomic E-state index is -3.54. The zero-order valence-electron chi connectivity index (χ0n) is 13.3. The quantitative estimate of drug-likeness (QED) is 0.940. The summed E-state index contributed by atoms with van der Waals surface area (Å²) in [6.45, 7) is 8.19. The third-order valence-corrected chi connectivity index (χ3v) is 4.70. The predicted octanol–water partition coefficient (Wildman–Crippen LogP) is 2.56. The van der Waals surface area contributed by atoms with Crippen LogP contribution in [-0.4, -0.2) is 18.4 Å². The molecular weight excluding hydrogens is 298 g/mol. The van der Waals surface area contributed by atoms with Gasteiger partial charge in [0, 0.05) is 23.7 Å². The highest BCUT2D eigenvalue weighted by Gasteiger charge is 2.21. The lowest BCUT2D eigenvalue weighted by molar-refractivity contribution is 0.551. The highest BCUT2D eigenvalue weighted by Crippen LogP contribution is 2.23. The Hall–Kier alpha value is -1.79. The van der Waals surface area contributed by atoms with Gasteiger partial charge in [0.15, 0.2) is 0 Å². The van der Waals surface area contributed by atoms with Crippen LogP contribution in [0.25, 0.3) is 0 Å². The summed E-state index contributed by atoms with van der Waals surface area (Å²) in [6, 6.07) is 6.76. The number of hydrogen-bond acceptors (Lipinski definition) is 4. The van der Waals surface area contributed by atoms with Crippen LogP contribution in [0.4, 0.5) is 0 Å². The number of hydrogen-bond donors (Lipinski definition) is 1. The van der Waals surface area contributed by atoms with Crippen LogP contribution in [0.5, 0.6) is 0 Å². The number of aromatic nitrogens is 2. The molecule has 0 fully saturated rings. The van der Waals surface area contributed by atoms with Gasteiger partial charge in [-0.1, -0.05) is 38.5 Å². The van der Waals surface area contributed by atoms with Crippen molar-refractivity contribution in [1.29, 1.82) is 0 Å². The van der Waals surface area contributed by atoms with E-state index in [2.05, 4.69) is 14.7 Å². The van der Waals surface area contributed by atoms with Crippen molar-refractivity contribution < 1.29 is 8.42 Å². The van der Waals surface area contributed by atoms with Crippen molar-refractivity contribution in [2.75, 3.05) is 0 Å². The molecule has 1 aromatic carbocycles. The number of sulfonamides is 1. The Morgan fingerprint density at radius 2 is 1.77 bits per heavy atom. The Kier molecular flexibility index (Phi) is 4.63. The van der Waals surface area contributed by atoms with Crippen LogP contribution >= 0.6 is 0 Å². The Balaban J connectivity index is 2.22. The van der Waals surface area contributed by atoms with Crippen LogP contribution in [0.2, 0.25) is 0 Å². The van der Waals surface area contributed by atoms with Crippen molar-refractivity contribution in [3.05, 3.63) is 53.6 Å². The predicted molar refractivity (Wildman–Crippen MR) is 85.9 cm³/mol. The highest BCUT2D eigenvalue weighted by atomic mass is 32.2. The third kappa shape index (κ3) is 3.90. The SMILES string of the molecule is Cc1ccc(S(=O)(=O)NCc2cncnc2C(C)(C)C)cc1. The van der Waals surface area contributed by atoms with Gasteiger partial charge >= 0.3 is 0 Å². The summed E-state index contributed by atoms with van der Waals surface area (Å²) in [5.74, 6) is 0. The zero-order chi connectivity index (χ0) is 16.4. The maximum absolute atomic E-state index is 12.3. The third-order valence-electron chi connectivity index (χ3n) is 3.28. The van der Waals surface area contributed by atoms with E-state index < -0.39 is 10.0 Å². The number of benzene rings is 1. The van der Waals surface area contributed by atoms with Crippen LogP contribution in [0, 0.1) is 6.92 Å². The van der Waals surface area contributed by atoms with Gasteiger partial charge in [-0.25, -0.2) is 23.1 Å². The molecule has 1 heterocycles. The fourth-order valence-electron chi connectivity index (χ4n) is 2.14. The molecule has 0 amide bonds. The van der Waals surface area contributed by atoms with Gasteiger partial charge in [0.05, 0.1) is 10.6 Å². The molecule has 1 aromatic heterocycles. The van der Waals surface area contributed by atoms with E-state index in [4.69, 9.17) is 0 Å². The normalized spacial score (nSPS) is 12.4. The van der Waals surface area contributed by atoms with Gasteiger partial charge < -0.3 is 0 Å². The lowest BCUT2D eigenvalue weighted by Crippen LogP contribution is -2.26. The number of nitrogens with zero attached hydrogens (tertiary/aromatic N) is 2. The summed E-state index contributed by atoms with van der Waals surface area (Å²) in [5.41, 5.74) is 2.47. The molecule has 0 aliphatic heterocycles. The molecule has 0 saturated carbocycles. The van der Waals surface area contributed by atoms with Crippen LogP contribution in [0.15, 0.2) is 41.7 Å². The molecule has 118 valence electrons. The second-order valence-electron chi connectivity index (χ2n) is 6.28. The van der Waals surface area contributed by atoms with Crippen molar-refractivity contribution in [1.82, 2.24) is 14.7 Å². The van der Waals surface area contributed by atoms with E-state index in [0.29, 0.717) is 0 Å². The monoisotopic (exact) mass is 319 g/mol. The van der Waals surface area contributed by atoms with Crippen molar-refractivity contribution in [3.63, 3.8) is 0 Å². The van der Waals surface area contributed by atoms with Gasteiger partial charge in [0.2, 0.25) is 10.0 Å². The summed E-state index contributed by atoms with van der Waals surface area (Å²) in [7, 11) is -3.54. The fraction of sp³-hybridized carbons (Fsp3) is 0.375. The minimum absolute atomic E-state index is 0.170. The van der Waals surface area contributed by atoms with Crippen molar-refractivity contribution in [2.24, 2.45) is 0 Å². The number of rotatable bonds is 4. The second kappa shape index (κ2) is 6.14. The summed E-state index contributed by atoms with van der Waals surface area (Å²) < 4.78 is 27.3. The Morgan fingerprint density at radius 3 is 2.36 bits per heavy atom. The smallest absolute Gasteiger partial charge is 0.240 e. The van der Waals surface area contributed by atoms with Crippen LogP contribution < -0.4 is 4.72 Å². The largest absolute Gasteiger partial charge is 0.244 e. The molecule has 6 heteroatoms. The van der Waals surface area contributed by atoms with Gasteiger partial charge in [-0.15, -0.1) is 0 Å².